The normalized spacial score (nSPS) is 18.9. The summed E-state index contributed by atoms with van der Waals surface area (Å²) in [6.07, 6.45) is 5.71. The zero-order valence-electron chi connectivity index (χ0n) is 18.3. The highest BCUT2D eigenvalue weighted by molar-refractivity contribution is 6.01. The second kappa shape index (κ2) is 8.63. The molecule has 1 atom stereocenters. The average Bonchev–Trinajstić information content (AvgIpc) is 3.29. The van der Waals surface area contributed by atoms with E-state index in [-0.39, 0.29) is 18.1 Å². The third-order valence-corrected chi connectivity index (χ3v) is 6.34. The van der Waals surface area contributed by atoms with Gasteiger partial charge in [0.25, 0.3) is 5.91 Å². The van der Waals surface area contributed by atoms with Crippen LogP contribution in [0.25, 0.3) is 11.1 Å². The number of pyridine rings is 1. The second-order valence-corrected chi connectivity index (χ2v) is 8.22. The summed E-state index contributed by atoms with van der Waals surface area (Å²) < 4.78 is 12.8. The Bertz CT molecular complexity index is 1120. The lowest BCUT2D eigenvalue weighted by atomic mass is 9.96. The number of aromatic nitrogens is 3. The largest absolute Gasteiger partial charge is 0.481 e. The van der Waals surface area contributed by atoms with Gasteiger partial charge in [-0.2, -0.15) is 5.10 Å². The molecule has 0 bridgehead atoms. The Hall–Kier alpha value is -3.39. The third-order valence-electron chi connectivity index (χ3n) is 6.34. The van der Waals surface area contributed by atoms with Gasteiger partial charge in [-0.3, -0.25) is 4.79 Å². The number of amides is 1. The molecule has 3 aromatic rings. The van der Waals surface area contributed by atoms with Crippen LogP contribution in [0.3, 0.4) is 0 Å². The number of likely N-dealkylation sites (N-methyl/N-ethyl adjacent to an activating group) is 1. The predicted octanol–water partition coefficient (Wildman–Crippen LogP) is 3.05. The van der Waals surface area contributed by atoms with Gasteiger partial charge in [0.15, 0.2) is 0 Å². The van der Waals surface area contributed by atoms with Gasteiger partial charge in [-0.05, 0) is 35.6 Å². The number of rotatable bonds is 5. The van der Waals surface area contributed by atoms with Gasteiger partial charge in [-0.15, -0.1) is 0 Å². The first-order valence-corrected chi connectivity index (χ1v) is 10.9. The second-order valence-electron chi connectivity index (χ2n) is 8.22. The molecule has 4 heterocycles. The summed E-state index contributed by atoms with van der Waals surface area (Å²) in [6.45, 7) is 1.45. The highest BCUT2D eigenvalue weighted by atomic mass is 16.5. The Morgan fingerprint density at radius 2 is 2.00 bits per heavy atom. The van der Waals surface area contributed by atoms with E-state index >= 15 is 0 Å². The number of ether oxygens (including phenoxy) is 2. The van der Waals surface area contributed by atoms with Gasteiger partial charge < -0.3 is 19.7 Å². The smallest absolute Gasteiger partial charge is 0.258 e. The Morgan fingerprint density at radius 3 is 2.81 bits per heavy atom. The summed E-state index contributed by atoms with van der Waals surface area (Å²) in [7, 11) is 3.64. The van der Waals surface area contributed by atoms with Crippen molar-refractivity contribution in [2.75, 3.05) is 32.3 Å². The number of hydrogen-bond acceptors (Lipinski definition) is 6. The van der Waals surface area contributed by atoms with Crippen molar-refractivity contribution < 1.29 is 14.3 Å². The average molecular weight is 434 g/mol. The molecule has 8 nitrogen and oxygen atoms in total. The molecule has 1 saturated heterocycles. The van der Waals surface area contributed by atoms with Crippen LogP contribution in [0.15, 0.2) is 48.8 Å². The molecule has 0 aliphatic carbocycles. The molecule has 2 aliphatic heterocycles. The van der Waals surface area contributed by atoms with E-state index in [1.807, 2.05) is 36.0 Å². The minimum atomic E-state index is -0.185. The molecular weight excluding hydrogens is 406 g/mol. The van der Waals surface area contributed by atoms with Crippen LogP contribution in [0.1, 0.15) is 34.8 Å². The molecule has 5 rings (SSSR count). The van der Waals surface area contributed by atoms with Gasteiger partial charge in [0, 0.05) is 38.9 Å². The number of methoxy groups -OCH3 is 1. The number of carbonyl (C=O) groups is 1. The van der Waals surface area contributed by atoms with E-state index in [2.05, 4.69) is 32.4 Å². The number of nitrogens with one attached hydrogen (secondary N) is 1. The zero-order valence-corrected chi connectivity index (χ0v) is 18.3. The fourth-order valence-electron chi connectivity index (χ4n) is 4.60. The summed E-state index contributed by atoms with van der Waals surface area (Å²) in [5.74, 6) is 1.38. The maximum atomic E-state index is 12.9. The summed E-state index contributed by atoms with van der Waals surface area (Å²) in [4.78, 5) is 19.3. The van der Waals surface area contributed by atoms with Gasteiger partial charge in [0.1, 0.15) is 17.5 Å². The van der Waals surface area contributed by atoms with Crippen molar-refractivity contribution in [2.45, 2.75) is 31.5 Å². The molecule has 0 radical (unpaired) electrons. The Morgan fingerprint density at radius 1 is 1.19 bits per heavy atom. The van der Waals surface area contributed by atoms with Crippen LogP contribution in [-0.2, 0) is 11.2 Å². The van der Waals surface area contributed by atoms with Crippen LogP contribution in [0.4, 0.5) is 5.82 Å². The van der Waals surface area contributed by atoms with Crippen LogP contribution < -0.4 is 15.0 Å². The molecule has 166 valence electrons. The van der Waals surface area contributed by atoms with E-state index in [0.29, 0.717) is 17.9 Å². The number of nitrogens with zero attached hydrogens (tertiary/aromatic N) is 4. The molecule has 2 aromatic heterocycles. The molecule has 1 fully saturated rings. The fourth-order valence-corrected chi connectivity index (χ4v) is 4.60. The van der Waals surface area contributed by atoms with Crippen molar-refractivity contribution in [3.05, 3.63) is 59.9 Å². The van der Waals surface area contributed by atoms with Crippen molar-refractivity contribution >= 4 is 11.7 Å². The van der Waals surface area contributed by atoms with Crippen molar-refractivity contribution in [3.63, 3.8) is 0 Å². The first-order valence-electron chi connectivity index (χ1n) is 10.9. The fraction of sp³-hybridized carbons (Fsp3) is 0.375. The molecular formula is C24H27N5O3. The lowest BCUT2D eigenvalue weighted by molar-refractivity contribution is 0.0664. The first kappa shape index (κ1) is 20.5. The van der Waals surface area contributed by atoms with Crippen LogP contribution in [0.5, 0.6) is 5.88 Å². The standard InChI is InChI=1S/C24H27N5O3/c1-28-21(13-16-5-3-4-6-19(16)17-7-10-25-22(14-17)31-2)27-23(30)20-15-26-29(24(20)28)18-8-11-32-12-9-18/h3-7,10,14-15,18,21H,8-9,11-13H2,1-2H3,(H,27,30). The molecule has 8 heteroatoms. The first-order chi connectivity index (χ1) is 15.7. The molecule has 1 unspecified atom stereocenters. The SMILES string of the molecule is COc1cc(-c2ccccc2CC2NC(=O)c3cnn(C4CCOCC4)c3N2C)ccn1. The molecule has 1 aromatic carbocycles. The van der Waals surface area contributed by atoms with Crippen molar-refractivity contribution in [1.82, 2.24) is 20.1 Å². The van der Waals surface area contributed by atoms with Crippen molar-refractivity contribution in [2.24, 2.45) is 0 Å². The van der Waals surface area contributed by atoms with Gasteiger partial charge in [-0.1, -0.05) is 24.3 Å². The van der Waals surface area contributed by atoms with Gasteiger partial charge >= 0.3 is 0 Å². The summed E-state index contributed by atoms with van der Waals surface area (Å²) in [5, 5.41) is 7.75. The van der Waals surface area contributed by atoms with Crippen LogP contribution in [0, 0.1) is 0 Å². The van der Waals surface area contributed by atoms with E-state index in [9.17, 15) is 4.79 Å². The van der Waals surface area contributed by atoms with E-state index in [4.69, 9.17) is 9.47 Å². The molecule has 0 spiro atoms. The summed E-state index contributed by atoms with van der Waals surface area (Å²) in [5.41, 5.74) is 3.89. The van der Waals surface area contributed by atoms with Gasteiger partial charge in [0.2, 0.25) is 5.88 Å². The zero-order chi connectivity index (χ0) is 22.1. The highest BCUT2D eigenvalue weighted by Gasteiger charge is 2.34. The summed E-state index contributed by atoms with van der Waals surface area (Å²) >= 11 is 0. The minimum absolute atomic E-state index is 0.0792. The molecule has 1 N–H and O–H groups in total. The summed E-state index contributed by atoms with van der Waals surface area (Å²) in [6, 6.07) is 12.4. The number of carbonyl (C=O) groups excluding carboxylic acids is 1. The number of anilines is 1. The lowest BCUT2D eigenvalue weighted by Gasteiger charge is -2.37. The topological polar surface area (TPSA) is 81.5 Å². The van der Waals surface area contributed by atoms with E-state index in [0.717, 1.165) is 48.6 Å². The Balaban J connectivity index is 1.46. The van der Waals surface area contributed by atoms with Crippen LogP contribution in [-0.4, -0.2) is 54.2 Å². The van der Waals surface area contributed by atoms with Gasteiger partial charge in [-0.25, -0.2) is 9.67 Å². The maximum Gasteiger partial charge on any atom is 0.258 e. The lowest BCUT2D eigenvalue weighted by Crippen LogP contribution is -2.53. The molecule has 32 heavy (non-hydrogen) atoms. The Labute approximate surface area is 187 Å². The highest BCUT2D eigenvalue weighted by Crippen LogP contribution is 2.33. The minimum Gasteiger partial charge on any atom is -0.481 e. The molecule has 2 aliphatic rings. The van der Waals surface area contributed by atoms with Gasteiger partial charge in [0.05, 0.1) is 19.3 Å². The van der Waals surface area contributed by atoms with Crippen molar-refractivity contribution in [3.8, 4) is 17.0 Å². The number of fused-ring (bicyclic) bond motifs is 1. The predicted molar refractivity (Wildman–Crippen MR) is 121 cm³/mol. The molecule has 0 saturated carbocycles. The van der Waals surface area contributed by atoms with E-state index in [1.165, 1.54) is 0 Å². The van der Waals surface area contributed by atoms with Crippen molar-refractivity contribution in [1.29, 1.82) is 0 Å². The van der Waals surface area contributed by atoms with E-state index < -0.39 is 0 Å². The Kier molecular flexibility index (Phi) is 5.53. The number of hydrogen-bond donors (Lipinski definition) is 1. The van der Waals surface area contributed by atoms with E-state index in [1.54, 1.807) is 19.5 Å². The monoisotopic (exact) mass is 433 g/mol. The number of benzene rings is 1. The third kappa shape index (κ3) is 3.71. The quantitative estimate of drug-likeness (QED) is 0.666. The maximum absolute atomic E-state index is 12.9. The molecule has 1 amide bonds. The van der Waals surface area contributed by atoms with Crippen LogP contribution >= 0.6 is 0 Å². The van der Waals surface area contributed by atoms with Crippen LogP contribution in [0.2, 0.25) is 0 Å².